The summed E-state index contributed by atoms with van der Waals surface area (Å²) in [6.45, 7) is 0. The minimum atomic E-state index is -1.04. The van der Waals surface area contributed by atoms with Crippen molar-refractivity contribution in [3.8, 4) is 0 Å². The lowest BCUT2D eigenvalue weighted by atomic mass is 10.0. The van der Waals surface area contributed by atoms with Gasteiger partial charge in [-0.2, -0.15) is 0 Å². The smallest absolute Gasteiger partial charge is 0.160 e. The van der Waals surface area contributed by atoms with Crippen LogP contribution in [0.1, 0.15) is 16.5 Å². The van der Waals surface area contributed by atoms with Gasteiger partial charge in [0.15, 0.2) is 11.6 Å². The van der Waals surface area contributed by atoms with E-state index in [9.17, 15) is 8.78 Å². The summed E-state index contributed by atoms with van der Waals surface area (Å²) in [4.78, 5) is 0. The zero-order valence-electron chi connectivity index (χ0n) is 9.23. The molecule has 0 spiro atoms. The third-order valence-corrected chi connectivity index (χ3v) is 4.01. The summed E-state index contributed by atoms with van der Waals surface area (Å²) in [7, 11) is 0. The molecule has 0 radical (unpaired) electrons. The molecule has 6 heteroatoms. The van der Waals surface area contributed by atoms with Gasteiger partial charge in [0.25, 0.3) is 0 Å². The second kappa shape index (κ2) is 5.84. The van der Waals surface area contributed by atoms with Crippen molar-refractivity contribution in [2.45, 2.75) is 5.38 Å². The summed E-state index contributed by atoms with van der Waals surface area (Å²) in [5, 5.41) is -0.208. The first kappa shape index (κ1) is 14.9. The zero-order valence-corrected chi connectivity index (χ0v) is 12.3. The van der Waals surface area contributed by atoms with Gasteiger partial charge in [-0.05, 0) is 29.8 Å². The van der Waals surface area contributed by atoms with Gasteiger partial charge in [-0.1, -0.05) is 40.9 Å². The molecule has 100 valence electrons. The van der Waals surface area contributed by atoms with Crippen LogP contribution in [0, 0.1) is 11.6 Å². The Balaban J connectivity index is 2.56. The van der Waals surface area contributed by atoms with E-state index in [-0.39, 0.29) is 10.6 Å². The largest absolute Gasteiger partial charge is 0.204 e. The van der Waals surface area contributed by atoms with Crippen molar-refractivity contribution in [3.63, 3.8) is 0 Å². The van der Waals surface area contributed by atoms with E-state index < -0.39 is 17.0 Å². The van der Waals surface area contributed by atoms with Gasteiger partial charge in [-0.25, -0.2) is 8.78 Å². The van der Waals surface area contributed by atoms with E-state index in [1.54, 1.807) is 18.2 Å². The lowest BCUT2D eigenvalue weighted by Gasteiger charge is -2.15. The van der Waals surface area contributed by atoms with Crippen LogP contribution in [-0.4, -0.2) is 0 Å². The van der Waals surface area contributed by atoms with Crippen molar-refractivity contribution in [3.05, 3.63) is 68.2 Å². The molecular formula is C13H6Cl4F2. The van der Waals surface area contributed by atoms with Crippen molar-refractivity contribution in [2.24, 2.45) is 0 Å². The molecule has 0 amide bonds. The molecule has 0 nitrogen and oxygen atoms in total. The maximum Gasteiger partial charge on any atom is 0.160 e. The second-order valence-electron chi connectivity index (χ2n) is 3.79. The predicted octanol–water partition coefficient (Wildman–Crippen LogP) is 6.25. The van der Waals surface area contributed by atoms with Crippen molar-refractivity contribution in [1.82, 2.24) is 0 Å². The molecule has 2 rings (SSSR count). The summed E-state index contributed by atoms with van der Waals surface area (Å²) < 4.78 is 26.3. The molecule has 0 saturated heterocycles. The van der Waals surface area contributed by atoms with Crippen LogP contribution in [0.25, 0.3) is 0 Å². The number of hydrogen-bond acceptors (Lipinski definition) is 0. The van der Waals surface area contributed by atoms with Crippen LogP contribution in [0.3, 0.4) is 0 Å². The van der Waals surface area contributed by atoms with E-state index in [1.165, 1.54) is 0 Å². The second-order valence-corrected chi connectivity index (χ2v) is 5.44. The van der Waals surface area contributed by atoms with Gasteiger partial charge in [0.1, 0.15) is 0 Å². The number of hydrogen-bond donors (Lipinski definition) is 0. The van der Waals surface area contributed by atoms with Gasteiger partial charge in [-0.15, -0.1) is 11.6 Å². The maximum atomic E-state index is 13.3. The molecule has 0 saturated carbocycles. The van der Waals surface area contributed by atoms with E-state index in [0.717, 1.165) is 12.1 Å². The minimum absolute atomic E-state index is 0.00915. The Morgan fingerprint density at radius 2 is 1.37 bits per heavy atom. The molecule has 0 aromatic heterocycles. The molecule has 1 atom stereocenters. The molecule has 19 heavy (non-hydrogen) atoms. The van der Waals surface area contributed by atoms with E-state index in [0.29, 0.717) is 15.6 Å². The zero-order chi connectivity index (χ0) is 14.2. The quantitative estimate of drug-likeness (QED) is 0.447. The standard InChI is InChI=1S/C13H6Cl4F2/c14-7-2-1-3-8(15)12(7)13(17)6-4-10(18)11(19)5-9(6)16/h1-5,13H. The Hall–Kier alpha value is -0.540. The number of rotatable bonds is 2. The molecular weight excluding hydrogens is 336 g/mol. The third kappa shape index (κ3) is 2.97. The lowest BCUT2D eigenvalue weighted by Crippen LogP contribution is -1.99. The molecule has 0 N–H and O–H groups in total. The number of alkyl halides is 1. The lowest BCUT2D eigenvalue weighted by molar-refractivity contribution is 0.507. The topological polar surface area (TPSA) is 0 Å². The highest BCUT2D eigenvalue weighted by atomic mass is 35.5. The fraction of sp³-hybridized carbons (Fsp3) is 0.0769. The first-order valence-electron chi connectivity index (χ1n) is 5.14. The van der Waals surface area contributed by atoms with Crippen molar-refractivity contribution in [1.29, 1.82) is 0 Å². The highest BCUT2D eigenvalue weighted by Crippen LogP contribution is 2.41. The molecule has 2 aromatic rings. The first-order valence-corrected chi connectivity index (χ1v) is 6.71. The van der Waals surface area contributed by atoms with E-state index >= 15 is 0 Å². The molecule has 0 fully saturated rings. The van der Waals surface area contributed by atoms with Gasteiger partial charge in [0, 0.05) is 20.6 Å². The molecule has 2 aromatic carbocycles. The van der Waals surface area contributed by atoms with Crippen LogP contribution in [0.2, 0.25) is 15.1 Å². The van der Waals surface area contributed by atoms with Crippen LogP contribution < -0.4 is 0 Å². The van der Waals surface area contributed by atoms with E-state index in [1.807, 2.05) is 0 Å². The molecule has 0 aliphatic heterocycles. The molecule has 0 aliphatic rings. The van der Waals surface area contributed by atoms with Crippen molar-refractivity contribution in [2.75, 3.05) is 0 Å². The summed E-state index contributed by atoms with van der Waals surface area (Å²) in [5.41, 5.74) is 0.609. The predicted molar refractivity (Wildman–Crippen MR) is 75.5 cm³/mol. The normalized spacial score (nSPS) is 12.5. The van der Waals surface area contributed by atoms with Gasteiger partial charge in [0.2, 0.25) is 0 Å². The van der Waals surface area contributed by atoms with Crippen LogP contribution in [0.4, 0.5) is 8.78 Å². The Kier molecular flexibility index (Phi) is 4.57. The number of halogens is 6. The fourth-order valence-electron chi connectivity index (χ4n) is 1.64. The van der Waals surface area contributed by atoms with Gasteiger partial charge >= 0.3 is 0 Å². The van der Waals surface area contributed by atoms with Gasteiger partial charge in [-0.3, -0.25) is 0 Å². The summed E-state index contributed by atoms with van der Waals surface area (Å²) >= 11 is 24.1. The van der Waals surface area contributed by atoms with E-state index in [2.05, 4.69) is 0 Å². The first-order chi connectivity index (χ1) is 8.91. The third-order valence-electron chi connectivity index (χ3n) is 2.57. The Morgan fingerprint density at radius 3 is 1.95 bits per heavy atom. The van der Waals surface area contributed by atoms with Crippen LogP contribution in [-0.2, 0) is 0 Å². The monoisotopic (exact) mass is 340 g/mol. The van der Waals surface area contributed by atoms with Crippen molar-refractivity contribution < 1.29 is 8.78 Å². The summed E-state index contributed by atoms with van der Waals surface area (Å²) in [5.74, 6) is -2.07. The average Bonchev–Trinajstić information content (AvgIpc) is 2.33. The minimum Gasteiger partial charge on any atom is -0.204 e. The Labute approximate surface area is 128 Å². The van der Waals surface area contributed by atoms with Gasteiger partial charge < -0.3 is 0 Å². The van der Waals surface area contributed by atoms with Crippen LogP contribution in [0.5, 0.6) is 0 Å². The molecule has 0 bridgehead atoms. The maximum absolute atomic E-state index is 13.3. The highest BCUT2D eigenvalue weighted by Gasteiger charge is 2.21. The molecule has 1 unspecified atom stereocenters. The SMILES string of the molecule is Fc1cc(Cl)c(C(Cl)c2c(Cl)cccc2Cl)cc1F. The van der Waals surface area contributed by atoms with Crippen LogP contribution in [0.15, 0.2) is 30.3 Å². The Morgan fingerprint density at radius 1 is 0.842 bits per heavy atom. The number of benzene rings is 2. The average molecular weight is 342 g/mol. The summed E-state index contributed by atoms with van der Waals surface area (Å²) in [6.07, 6.45) is 0. The Bertz CT molecular complexity index is 608. The highest BCUT2D eigenvalue weighted by molar-refractivity contribution is 6.38. The molecule has 0 aliphatic carbocycles. The summed E-state index contributed by atoms with van der Waals surface area (Å²) in [6, 6.07) is 6.67. The van der Waals surface area contributed by atoms with Crippen molar-refractivity contribution >= 4 is 46.4 Å². The molecule has 0 heterocycles. The van der Waals surface area contributed by atoms with E-state index in [4.69, 9.17) is 46.4 Å². The van der Waals surface area contributed by atoms with Gasteiger partial charge in [0.05, 0.1) is 5.38 Å². The van der Waals surface area contributed by atoms with Crippen LogP contribution >= 0.6 is 46.4 Å². The fourth-order valence-corrected chi connectivity index (χ4v) is 3.10.